The van der Waals surface area contributed by atoms with E-state index in [1.54, 1.807) is 13.8 Å². The van der Waals surface area contributed by atoms with E-state index in [0.717, 1.165) is 34.4 Å². The Bertz CT molecular complexity index is 920. The second kappa shape index (κ2) is 8.42. The molecule has 0 aliphatic rings. The summed E-state index contributed by atoms with van der Waals surface area (Å²) >= 11 is 1.15. The molecule has 1 aromatic carbocycles. The van der Waals surface area contributed by atoms with Gasteiger partial charge in [-0.15, -0.1) is 11.3 Å². The molecule has 28 heavy (non-hydrogen) atoms. The molecule has 0 unspecified atom stereocenters. The van der Waals surface area contributed by atoms with Gasteiger partial charge in [0.15, 0.2) is 6.61 Å². The molecule has 0 fully saturated rings. The number of nitrogens with one attached hydrogen (secondary N) is 1. The van der Waals surface area contributed by atoms with Crippen LogP contribution in [0.1, 0.15) is 36.7 Å². The third-order valence-electron chi connectivity index (χ3n) is 3.79. The molecule has 0 radical (unpaired) electrons. The molecule has 0 saturated heterocycles. The number of hydrogen-bond donors (Lipinski definition) is 1. The first-order valence-corrected chi connectivity index (χ1v) is 8.68. The Kier molecular flexibility index (Phi) is 6.45. The molecule has 150 valence electrons. The minimum absolute atomic E-state index is 0.197. The SMILES string of the molecule is COC(=O)c1c(NC(=O)COC(=O)c2cccc(C(F)(F)F)c2)sc(C)c1C. The van der Waals surface area contributed by atoms with Crippen LogP contribution in [0.25, 0.3) is 0 Å². The summed E-state index contributed by atoms with van der Waals surface area (Å²) in [6.07, 6.45) is -4.60. The molecule has 1 heterocycles. The maximum absolute atomic E-state index is 12.7. The topological polar surface area (TPSA) is 81.7 Å². The van der Waals surface area contributed by atoms with Gasteiger partial charge in [0.1, 0.15) is 5.00 Å². The normalized spacial score (nSPS) is 11.1. The average molecular weight is 415 g/mol. The first-order chi connectivity index (χ1) is 13.0. The highest BCUT2D eigenvalue weighted by Crippen LogP contribution is 2.33. The number of esters is 2. The molecule has 1 amide bonds. The van der Waals surface area contributed by atoms with E-state index >= 15 is 0 Å². The van der Waals surface area contributed by atoms with Gasteiger partial charge in [-0.05, 0) is 37.6 Å². The van der Waals surface area contributed by atoms with Crippen molar-refractivity contribution in [3.63, 3.8) is 0 Å². The van der Waals surface area contributed by atoms with Gasteiger partial charge < -0.3 is 14.8 Å². The highest BCUT2D eigenvalue weighted by molar-refractivity contribution is 7.16. The number of halogens is 3. The third-order valence-corrected chi connectivity index (χ3v) is 4.91. The van der Waals surface area contributed by atoms with E-state index in [-0.39, 0.29) is 16.1 Å². The number of aryl methyl sites for hydroxylation is 1. The smallest absolute Gasteiger partial charge is 0.416 e. The number of methoxy groups -OCH3 is 1. The molecule has 0 saturated carbocycles. The van der Waals surface area contributed by atoms with Crippen LogP contribution in [0.2, 0.25) is 0 Å². The molecular formula is C18H16F3NO5S. The number of anilines is 1. The van der Waals surface area contributed by atoms with Crippen LogP contribution >= 0.6 is 11.3 Å². The van der Waals surface area contributed by atoms with Crippen LogP contribution < -0.4 is 5.32 Å². The second-order valence-electron chi connectivity index (χ2n) is 5.68. The van der Waals surface area contributed by atoms with E-state index in [1.807, 2.05) is 0 Å². The molecule has 0 spiro atoms. The van der Waals surface area contributed by atoms with Crippen molar-refractivity contribution in [2.45, 2.75) is 20.0 Å². The van der Waals surface area contributed by atoms with Gasteiger partial charge in [0, 0.05) is 4.88 Å². The Morgan fingerprint density at radius 2 is 1.82 bits per heavy atom. The van der Waals surface area contributed by atoms with E-state index in [0.29, 0.717) is 11.6 Å². The summed E-state index contributed by atoms with van der Waals surface area (Å²) in [5, 5.41) is 2.69. The fourth-order valence-corrected chi connectivity index (χ4v) is 3.33. The maximum atomic E-state index is 12.7. The van der Waals surface area contributed by atoms with Crippen molar-refractivity contribution in [2.24, 2.45) is 0 Å². The summed E-state index contributed by atoms with van der Waals surface area (Å²) < 4.78 is 47.6. The lowest BCUT2D eigenvalue weighted by atomic mass is 10.1. The molecule has 1 N–H and O–H groups in total. The van der Waals surface area contributed by atoms with Gasteiger partial charge >= 0.3 is 18.1 Å². The summed E-state index contributed by atoms with van der Waals surface area (Å²) in [5.41, 5.74) is -0.491. The number of carbonyl (C=O) groups excluding carboxylic acids is 3. The average Bonchev–Trinajstić information content (AvgIpc) is 2.92. The monoisotopic (exact) mass is 415 g/mol. The lowest BCUT2D eigenvalue weighted by Gasteiger charge is -2.09. The number of thiophene rings is 1. The molecule has 0 atom stereocenters. The van der Waals surface area contributed by atoms with Crippen LogP contribution in [0.3, 0.4) is 0 Å². The number of carbonyl (C=O) groups is 3. The number of benzene rings is 1. The van der Waals surface area contributed by atoms with Crippen LogP contribution in [-0.4, -0.2) is 31.6 Å². The fourth-order valence-electron chi connectivity index (χ4n) is 2.26. The minimum Gasteiger partial charge on any atom is -0.465 e. The second-order valence-corrected chi connectivity index (χ2v) is 6.91. The van der Waals surface area contributed by atoms with Crippen molar-refractivity contribution in [2.75, 3.05) is 19.0 Å². The van der Waals surface area contributed by atoms with Gasteiger partial charge in [0.25, 0.3) is 5.91 Å². The Labute approximate surface area is 162 Å². The van der Waals surface area contributed by atoms with E-state index in [4.69, 9.17) is 4.74 Å². The molecule has 0 aliphatic heterocycles. The van der Waals surface area contributed by atoms with Gasteiger partial charge in [-0.3, -0.25) is 4.79 Å². The predicted molar refractivity (Wildman–Crippen MR) is 95.5 cm³/mol. The number of rotatable bonds is 5. The molecule has 0 bridgehead atoms. The summed E-state index contributed by atoms with van der Waals surface area (Å²) in [6, 6.07) is 3.68. The van der Waals surface area contributed by atoms with Crippen LogP contribution in [0.5, 0.6) is 0 Å². The van der Waals surface area contributed by atoms with Crippen molar-refractivity contribution in [3.05, 3.63) is 51.4 Å². The number of amides is 1. The Hall–Kier alpha value is -2.88. The van der Waals surface area contributed by atoms with Crippen LogP contribution in [-0.2, 0) is 20.4 Å². The van der Waals surface area contributed by atoms with Crippen LogP contribution in [0.4, 0.5) is 18.2 Å². The summed E-state index contributed by atoms with van der Waals surface area (Å²) in [6.45, 7) is 2.73. The Balaban J connectivity index is 2.05. The number of hydrogen-bond acceptors (Lipinski definition) is 6. The van der Waals surface area contributed by atoms with Gasteiger partial charge in [-0.2, -0.15) is 13.2 Å². The fraction of sp³-hybridized carbons (Fsp3) is 0.278. The molecule has 1 aromatic heterocycles. The predicted octanol–water partition coefficient (Wildman–Crippen LogP) is 3.97. The van der Waals surface area contributed by atoms with Crippen molar-refractivity contribution in [1.29, 1.82) is 0 Å². The van der Waals surface area contributed by atoms with Crippen LogP contribution in [0, 0.1) is 13.8 Å². The zero-order chi connectivity index (χ0) is 21.1. The summed E-state index contributed by atoms with van der Waals surface area (Å²) in [4.78, 5) is 36.6. The highest BCUT2D eigenvalue weighted by Gasteiger charge is 2.31. The zero-order valence-corrected chi connectivity index (χ0v) is 15.9. The maximum Gasteiger partial charge on any atom is 0.416 e. The first kappa shape index (κ1) is 21.4. The Morgan fingerprint density at radius 1 is 1.14 bits per heavy atom. The highest BCUT2D eigenvalue weighted by atomic mass is 32.1. The molecular weight excluding hydrogens is 399 g/mol. The molecule has 2 aromatic rings. The molecule has 2 rings (SSSR count). The first-order valence-electron chi connectivity index (χ1n) is 7.87. The van der Waals surface area contributed by atoms with Gasteiger partial charge in [-0.25, -0.2) is 9.59 Å². The van der Waals surface area contributed by atoms with Gasteiger partial charge in [0.2, 0.25) is 0 Å². The summed E-state index contributed by atoms with van der Waals surface area (Å²) in [7, 11) is 1.21. The van der Waals surface area contributed by atoms with Gasteiger partial charge in [0.05, 0.1) is 23.8 Å². The van der Waals surface area contributed by atoms with E-state index < -0.39 is 36.2 Å². The number of alkyl halides is 3. The van der Waals surface area contributed by atoms with Crippen molar-refractivity contribution >= 4 is 34.2 Å². The van der Waals surface area contributed by atoms with Crippen molar-refractivity contribution in [3.8, 4) is 0 Å². The number of ether oxygens (including phenoxy) is 2. The van der Waals surface area contributed by atoms with Gasteiger partial charge in [-0.1, -0.05) is 6.07 Å². The molecule has 0 aliphatic carbocycles. The van der Waals surface area contributed by atoms with Crippen molar-refractivity contribution < 1.29 is 37.0 Å². The van der Waals surface area contributed by atoms with Crippen LogP contribution in [0.15, 0.2) is 24.3 Å². The van der Waals surface area contributed by atoms with Crippen molar-refractivity contribution in [1.82, 2.24) is 0 Å². The lowest BCUT2D eigenvalue weighted by Crippen LogP contribution is -2.22. The van der Waals surface area contributed by atoms with E-state index in [2.05, 4.69) is 10.1 Å². The minimum atomic E-state index is -4.60. The summed E-state index contributed by atoms with van der Waals surface area (Å²) in [5.74, 6) is -2.45. The Morgan fingerprint density at radius 3 is 2.43 bits per heavy atom. The quantitative estimate of drug-likeness (QED) is 0.748. The standard InChI is InChI=1S/C18H16F3NO5S/c1-9-10(2)28-15(14(9)17(25)26-3)22-13(23)8-27-16(24)11-5-4-6-12(7-11)18(19,20)21/h4-7H,8H2,1-3H3,(H,22,23). The molecule has 10 heteroatoms. The zero-order valence-electron chi connectivity index (χ0n) is 15.1. The largest absolute Gasteiger partial charge is 0.465 e. The third kappa shape index (κ3) is 4.89. The lowest BCUT2D eigenvalue weighted by molar-refractivity contribution is -0.137. The van der Waals surface area contributed by atoms with E-state index in [9.17, 15) is 27.6 Å². The van der Waals surface area contributed by atoms with E-state index in [1.165, 1.54) is 7.11 Å². The molecule has 6 nitrogen and oxygen atoms in total.